The lowest BCUT2D eigenvalue weighted by molar-refractivity contribution is -0.109. The maximum Gasteiger partial charge on any atom is 0.194 e. The molecule has 25 heavy (non-hydrogen) atoms. The van der Waals surface area contributed by atoms with Crippen LogP contribution in [0.25, 0.3) is 0 Å². The Morgan fingerprint density at radius 3 is 2.32 bits per heavy atom. The van der Waals surface area contributed by atoms with Crippen molar-refractivity contribution in [3.05, 3.63) is 59.4 Å². The predicted molar refractivity (Wildman–Crippen MR) is 101 cm³/mol. The number of ketones is 1. The molecular weight excluding hydrogens is 316 g/mol. The molecule has 0 atom stereocenters. The number of aldehydes is 1. The van der Waals surface area contributed by atoms with Gasteiger partial charge in [0.15, 0.2) is 12.1 Å². The van der Waals surface area contributed by atoms with E-state index in [1.807, 2.05) is 37.3 Å². The van der Waals surface area contributed by atoms with Crippen LogP contribution in [0.2, 0.25) is 0 Å². The molecule has 2 aromatic rings. The summed E-state index contributed by atoms with van der Waals surface area (Å²) < 4.78 is 5.15. The van der Waals surface area contributed by atoms with Gasteiger partial charge in [0.25, 0.3) is 0 Å². The van der Waals surface area contributed by atoms with Crippen LogP contribution in [0.5, 0.6) is 5.75 Å². The highest BCUT2D eigenvalue weighted by Crippen LogP contribution is 2.24. The van der Waals surface area contributed by atoms with Gasteiger partial charge in [-0.3, -0.25) is 9.59 Å². The molecule has 136 valence electrons. The van der Waals surface area contributed by atoms with Crippen LogP contribution in [0.3, 0.4) is 0 Å². The second-order valence-electron chi connectivity index (χ2n) is 6.54. The van der Waals surface area contributed by atoms with Crippen molar-refractivity contribution in [2.45, 2.75) is 33.1 Å². The van der Waals surface area contributed by atoms with Crippen LogP contribution in [0, 0.1) is 6.92 Å². The molecule has 0 amide bonds. The lowest BCUT2D eigenvalue weighted by atomic mass is 9.87. The molecular formula is C20H28N2O3. The molecule has 0 aliphatic heterocycles. The number of carbonyl (C=O) groups is 2. The number of benzene rings is 1. The van der Waals surface area contributed by atoms with Gasteiger partial charge in [0.2, 0.25) is 0 Å². The minimum absolute atomic E-state index is 0. The molecule has 0 radical (unpaired) electrons. The Labute approximate surface area is 150 Å². The zero-order valence-corrected chi connectivity index (χ0v) is 15.3. The Balaban J connectivity index is 0.000000475. The standard InChI is InChI=1S/C12H16O2.C8H10N2O.H2/c1-12(2,3)10-4-6-11(7-5-10)14-9-8-13;1-6-3-2-4-7(10-6)8(11)5-9;/h4-8H,9H2,1-3H3;2-4H,5,9H2,1H3;1H. The fourth-order valence-electron chi connectivity index (χ4n) is 1.98. The second kappa shape index (κ2) is 9.69. The van der Waals surface area contributed by atoms with E-state index in [1.165, 1.54) is 5.56 Å². The van der Waals surface area contributed by atoms with Crippen LogP contribution >= 0.6 is 0 Å². The highest BCUT2D eigenvalue weighted by atomic mass is 16.5. The molecule has 0 unspecified atom stereocenters. The van der Waals surface area contributed by atoms with Gasteiger partial charge in [0, 0.05) is 7.12 Å². The van der Waals surface area contributed by atoms with Crippen molar-refractivity contribution < 1.29 is 15.8 Å². The maximum atomic E-state index is 11.0. The molecule has 0 fully saturated rings. The fraction of sp³-hybridized carbons (Fsp3) is 0.350. The molecule has 1 aromatic heterocycles. The number of pyridine rings is 1. The third kappa shape index (κ3) is 7.27. The third-order valence-corrected chi connectivity index (χ3v) is 3.40. The highest BCUT2D eigenvalue weighted by Gasteiger charge is 2.12. The predicted octanol–water partition coefficient (Wildman–Crippen LogP) is 3.34. The summed E-state index contributed by atoms with van der Waals surface area (Å²) >= 11 is 0. The number of aromatic nitrogens is 1. The number of nitrogens with zero attached hydrogens (tertiary/aromatic N) is 1. The van der Waals surface area contributed by atoms with Gasteiger partial charge >= 0.3 is 0 Å². The van der Waals surface area contributed by atoms with Crippen LogP contribution in [0.1, 0.15) is 43.9 Å². The molecule has 2 rings (SSSR count). The highest BCUT2D eigenvalue weighted by molar-refractivity contribution is 5.95. The lowest BCUT2D eigenvalue weighted by Crippen LogP contribution is -2.15. The Kier molecular flexibility index (Phi) is 7.95. The minimum atomic E-state index is -0.117. The average molecular weight is 344 g/mol. The number of hydrogen-bond donors (Lipinski definition) is 1. The van der Waals surface area contributed by atoms with E-state index in [9.17, 15) is 9.59 Å². The quantitative estimate of drug-likeness (QED) is 0.664. The van der Waals surface area contributed by atoms with E-state index in [0.29, 0.717) is 5.69 Å². The topological polar surface area (TPSA) is 82.3 Å². The largest absolute Gasteiger partial charge is 0.486 e. The van der Waals surface area contributed by atoms with Crippen LogP contribution in [0.4, 0.5) is 0 Å². The van der Waals surface area contributed by atoms with E-state index in [-0.39, 0.29) is 25.8 Å². The maximum absolute atomic E-state index is 11.0. The summed E-state index contributed by atoms with van der Waals surface area (Å²) in [5.74, 6) is 0.624. The first-order chi connectivity index (χ1) is 11.8. The van der Waals surface area contributed by atoms with Crippen LogP contribution < -0.4 is 10.5 Å². The van der Waals surface area contributed by atoms with E-state index >= 15 is 0 Å². The van der Waals surface area contributed by atoms with Crippen molar-refractivity contribution in [3.63, 3.8) is 0 Å². The molecule has 1 heterocycles. The zero-order valence-electron chi connectivity index (χ0n) is 15.3. The molecule has 2 N–H and O–H groups in total. The summed E-state index contributed by atoms with van der Waals surface area (Å²) in [6.07, 6.45) is 0.748. The molecule has 0 bridgehead atoms. The normalized spacial score (nSPS) is 10.4. The SMILES string of the molecule is CC(C)(C)c1ccc(OCC=O)cc1.Cc1cccc(C(=O)CN)n1.[HH]. The first kappa shape index (κ1) is 20.5. The molecule has 0 saturated heterocycles. The van der Waals surface area contributed by atoms with Crippen molar-refractivity contribution in [1.29, 1.82) is 0 Å². The molecule has 0 spiro atoms. The molecule has 0 saturated carbocycles. The number of aryl methyl sites for hydroxylation is 1. The first-order valence-electron chi connectivity index (χ1n) is 8.12. The fourth-order valence-corrected chi connectivity index (χ4v) is 1.98. The van der Waals surface area contributed by atoms with Gasteiger partial charge in [-0.25, -0.2) is 4.98 Å². The van der Waals surface area contributed by atoms with E-state index in [0.717, 1.165) is 17.7 Å². The van der Waals surface area contributed by atoms with Gasteiger partial charge in [-0.15, -0.1) is 0 Å². The van der Waals surface area contributed by atoms with Crippen molar-refractivity contribution in [2.24, 2.45) is 5.73 Å². The van der Waals surface area contributed by atoms with Crippen molar-refractivity contribution in [3.8, 4) is 5.75 Å². The Hall–Kier alpha value is -2.53. The Morgan fingerprint density at radius 2 is 1.84 bits per heavy atom. The number of ether oxygens (including phenoxy) is 1. The minimum Gasteiger partial charge on any atom is -0.486 e. The van der Waals surface area contributed by atoms with E-state index < -0.39 is 0 Å². The average Bonchev–Trinajstić information content (AvgIpc) is 2.59. The van der Waals surface area contributed by atoms with Crippen molar-refractivity contribution in [1.82, 2.24) is 4.98 Å². The first-order valence-corrected chi connectivity index (χ1v) is 8.12. The zero-order chi connectivity index (χ0) is 18.9. The van der Waals surface area contributed by atoms with Crippen molar-refractivity contribution >= 4 is 12.1 Å². The smallest absolute Gasteiger partial charge is 0.194 e. The number of nitrogens with two attached hydrogens (primary N) is 1. The van der Waals surface area contributed by atoms with Gasteiger partial charge in [-0.05, 0) is 42.2 Å². The van der Waals surface area contributed by atoms with Gasteiger partial charge in [0.1, 0.15) is 18.1 Å². The van der Waals surface area contributed by atoms with Crippen LogP contribution in [-0.2, 0) is 10.2 Å². The summed E-state index contributed by atoms with van der Waals surface area (Å²) in [4.78, 5) is 25.1. The monoisotopic (exact) mass is 344 g/mol. The van der Waals surface area contributed by atoms with Gasteiger partial charge < -0.3 is 10.5 Å². The summed E-state index contributed by atoms with van der Waals surface area (Å²) in [5, 5.41) is 0. The Morgan fingerprint density at radius 1 is 1.20 bits per heavy atom. The number of rotatable bonds is 5. The lowest BCUT2D eigenvalue weighted by Gasteiger charge is -2.18. The van der Waals surface area contributed by atoms with E-state index in [2.05, 4.69) is 25.8 Å². The van der Waals surface area contributed by atoms with E-state index in [1.54, 1.807) is 12.1 Å². The van der Waals surface area contributed by atoms with E-state index in [4.69, 9.17) is 10.5 Å². The molecule has 1 aromatic carbocycles. The summed E-state index contributed by atoms with van der Waals surface area (Å²) in [6, 6.07) is 13.1. The molecule has 5 heteroatoms. The van der Waals surface area contributed by atoms with Crippen LogP contribution in [0.15, 0.2) is 42.5 Å². The molecule has 5 nitrogen and oxygen atoms in total. The van der Waals surface area contributed by atoms with Crippen LogP contribution in [-0.4, -0.2) is 30.2 Å². The molecule has 0 aliphatic rings. The number of Topliss-reactive ketones (excluding diaryl/α,β-unsaturated/α-hetero) is 1. The van der Waals surface area contributed by atoms with Crippen molar-refractivity contribution in [2.75, 3.05) is 13.2 Å². The summed E-state index contributed by atoms with van der Waals surface area (Å²) in [5.41, 5.74) is 7.87. The molecule has 0 aliphatic carbocycles. The van der Waals surface area contributed by atoms with Gasteiger partial charge in [-0.2, -0.15) is 0 Å². The Bertz CT molecular complexity index is 695. The van der Waals surface area contributed by atoms with Gasteiger partial charge in [0.05, 0.1) is 6.54 Å². The summed E-state index contributed by atoms with van der Waals surface area (Å²) in [7, 11) is 0. The number of hydrogen-bond acceptors (Lipinski definition) is 5. The summed E-state index contributed by atoms with van der Waals surface area (Å²) in [6.45, 7) is 8.47. The number of carbonyl (C=O) groups excluding carboxylic acids is 2. The van der Waals surface area contributed by atoms with Gasteiger partial charge in [-0.1, -0.05) is 39.0 Å². The second-order valence-corrected chi connectivity index (χ2v) is 6.54. The third-order valence-electron chi connectivity index (χ3n) is 3.40.